The van der Waals surface area contributed by atoms with Crippen molar-refractivity contribution in [2.45, 2.75) is 12.0 Å². The van der Waals surface area contributed by atoms with Crippen molar-refractivity contribution < 1.29 is 23.1 Å². The molecule has 1 atom stereocenters. The molecule has 1 aliphatic rings. The van der Waals surface area contributed by atoms with Gasteiger partial charge >= 0.3 is 0 Å². The minimum atomic E-state index is -1.05. The highest BCUT2D eigenvalue weighted by Gasteiger charge is 2.46. The number of carbonyl (C=O) groups is 2. The Bertz CT molecular complexity index is 796. The van der Waals surface area contributed by atoms with Crippen LogP contribution in [0.4, 0.5) is 10.1 Å². The van der Waals surface area contributed by atoms with Crippen molar-refractivity contribution in [1.29, 1.82) is 0 Å². The Hall–Kier alpha value is -2.87. The van der Waals surface area contributed by atoms with Crippen molar-refractivity contribution in [3.63, 3.8) is 0 Å². The van der Waals surface area contributed by atoms with Gasteiger partial charge in [0.05, 0.1) is 25.0 Å². The van der Waals surface area contributed by atoms with Crippen molar-refractivity contribution in [3.05, 3.63) is 54.2 Å². The number of rotatable bonds is 7. The average Bonchev–Trinajstić information content (AvgIpc) is 3.32. The average molecular weight is 375 g/mol. The molecule has 8 heteroatoms. The minimum absolute atomic E-state index is 0.159. The fourth-order valence-electron chi connectivity index (χ4n) is 3.17. The second-order valence-electron chi connectivity index (χ2n) is 6.45. The van der Waals surface area contributed by atoms with Gasteiger partial charge in [-0.25, -0.2) is 4.39 Å². The molecule has 1 unspecified atom stereocenters. The summed E-state index contributed by atoms with van der Waals surface area (Å²) in [5, 5.41) is 5.96. The molecule has 0 bridgehead atoms. The van der Waals surface area contributed by atoms with Gasteiger partial charge in [0, 0.05) is 25.9 Å². The second kappa shape index (κ2) is 8.22. The molecule has 1 saturated heterocycles. The Balaban J connectivity index is 1.80. The molecule has 2 heterocycles. The number of likely N-dealkylation sites (tertiary alicyclic amines) is 1. The molecule has 0 spiro atoms. The lowest BCUT2D eigenvalue weighted by Crippen LogP contribution is -2.55. The monoisotopic (exact) mass is 375 g/mol. The topological polar surface area (TPSA) is 83.8 Å². The number of nitrogens with zero attached hydrogens (tertiary/aromatic N) is 1. The molecular weight excluding hydrogens is 353 g/mol. The molecule has 2 amide bonds. The fraction of sp³-hybridized carbons (Fsp3) is 0.368. The Morgan fingerprint density at radius 2 is 2.22 bits per heavy atom. The van der Waals surface area contributed by atoms with Crippen LogP contribution >= 0.6 is 0 Å². The van der Waals surface area contributed by atoms with Crippen LogP contribution in [-0.4, -0.2) is 55.6 Å². The van der Waals surface area contributed by atoms with E-state index in [0.29, 0.717) is 37.4 Å². The molecule has 0 radical (unpaired) electrons. The molecule has 1 aliphatic heterocycles. The van der Waals surface area contributed by atoms with E-state index in [4.69, 9.17) is 9.15 Å². The molecule has 0 aliphatic carbocycles. The summed E-state index contributed by atoms with van der Waals surface area (Å²) in [5.74, 6) is -0.873. The molecule has 1 aromatic heterocycles. The first-order chi connectivity index (χ1) is 13.0. The number of nitrogens with one attached hydrogen (secondary N) is 2. The van der Waals surface area contributed by atoms with Crippen LogP contribution in [0, 0.1) is 5.82 Å². The number of halogens is 1. The van der Waals surface area contributed by atoms with E-state index in [0.717, 1.165) is 0 Å². The lowest BCUT2D eigenvalue weighted by molar-refractivity contribution is -0.125. The summed E-state index contributed by atoms with van der Waals surface area (Å²) in [4.78, 5) is 27.1. The van der Waals surface area contributed by atoms with Crippen LogP contribution in [0.5, 0.6) is 0 Å². The molecule has 3 rings (SSSR count). The minimum Gasteiger partial charge on any atom is -0.472 e. The summed E-state index contributed by atoms with van der Waals surface area (Å²) in [6, 6.07) is 7.50. The number of carbonyl (C=O) groups excluding carboxylic acids is 2. The van der Waals surface area contributed by atoms with E-state index < -0.39 is 11.4 Å². The van der Waals surface area contributed by atoms with Crippen LogP contribution < -0.4 is 10.6 Å². The van der Waals surface area contributed by atoms with Gasteiger partial charge in [-0.3, -0.25) is 9.59 Å². The number of anilines is 1. The third kappa shape index (κ3) is 4.28. The van der Waals surface area contributed by atoms with Gasteiger partial charge in [-0.15, -0.1) is 0 Å². The van der Waals surface area contributed by atoms with E-state index in [2.05, 4.69) is 10.6 Å². The van der Waals surface area contributed by atoms with Gasteiger partial charge < -0.3 is 24.7 Å². The Morgan fingerprint density at radius 1 is 1.37 bits per heavy atom. The summed E-state index contributed by atoms with van der Waals surface area (Å²) in [5.41, 5.74) is -0.146. The Morgan fingerprint density at radius 3 is 2.93 bits per heavy atom. The van der Waals surface area contributed by atoms with Crippen LogP contribution in [0.3, 0.4) is 0 Å². The van der Waals surface area contributed by atoms with E-state index >= 15 is 0 Å². The standard InChI is InChI=1S/C19H22FN3O4/c1-26-10-7-21-18(25)19(22-16-4-2-3-15(20)11-16)6-8-23(13-19)17(24)14-5-9-27-12-14/h2-5,9,11-12,22H,6-8,10,13H2,1H3,(H,21,25). The van der Waals surface area contributed by atoms with Crippen molar-refractivity contribution in [2.24, 2.45) is 0 Å². The Labute approximate surface area is 156 Å². The van der Waals surface area contributed by atoms with Crippen molar-refractivity contribution in [3.8, 4) is 0 Å². The highest BCUT2D eigenvalue weighted by Crippen LogP contribution is 2.28. The zero-order valence-electron chi connectivity index (χ0n) is 15.0. The highest BCUT2D eigenvalue weighted by atomic mass is 19.1. The maximum Gasteiger partial charge on any atom is 0.257 e. The maximum atomic E-state index is 13.6. The van der Waals surface area contributed by atoms with Gasteiger partial charge in [0.2, 0.25) is 5.91 Å². The SMILES string of the molecule is COCCNC(=O)C1(Nc2cccc(F)c2)CCN(C(=O)c2ccoc2)C1. The number of amides is 2. The Kier molecular flexibility index (Phi) is 5.75. The predicted octanol–water partition coefficient (Wildman–Crippen LogP) is 1.88. The van der Waals surface area contributed by atoms with E-state index in [1.165, 1.54) is 24.7 Å². The van der Waals surface area contributed by atoms with Crippen LogP contribution in [-0.2, 0) is 9.53 Å². The summed E-state index contributed by atoms with van der Waals surface area (Å²) in [7, 11) is 1.55. The van der Waals surface area contributed by atoms with Crippen LogP contribution in [0.2, 0.25) is 0 Å². The number of furan rings is 1. The largest absolute Gasteiger partial charge is 0.472 e. The lowest BCUT2D eigenvalue weighted by Gasteiger charge is -2.30. The quantitative estimate of drug-likeness (QED) is 0.722. The smallest absolute Gasteiger partial charge is 0.257 e. The highest BCUT2D eigenvalue weighted by molar-refractivity contribution is 5.96. The molecule has 144 valence electrons. The summed E-state index contributed by atoms with van der Waals surface area (Å²) >= 11 is 0. The van der Waals surface area contributed by atoms with Crippen LogP contribution in [0.15, 0.2) is 47.3 Å². The lowest BCUT2D eigenvalue weighted by atomic mass is 9.96. The predicted molar refractivity (Wildman–Crippen MR) is 96.9 cm³/mol. The van der Waals surface area contributed by atoms with Gasteiger partial charge in [-0.05, 0) is 30.7 Å². The third-order valence-corrected chi connectivity index (χ3v) is 4.56. The molecular formula is C19H22FN3O4. The molecule has 1 fully saturated rings. The number of hydrogen-bond donors (Lipinski definition) is 2. The second-order valence-corrected chi connectivity index (χ2v) is 6.45. The molecule has 27 heavy (non-hydrogen) atoms. The molecule has 7 nitrogen and oxygen atoms in total. The molecule has 1 aromatic carbocycles. The van der Waals surface area contributed by atoms with E-state index in [-0.39, 0.29) is 18.4 Å². The molecule has 0 saturated carbocycles. The first kappa shape index (κ1) is 18.9. The number of methoxy groups -OCH3 is 1. The zero-order chi connectivity index (χ0) is 19.3. The summed E-state index contributed by atoms with van der Waals surface area (Å²) in [6.45, 7) is 1.27. The summed E-state index contributed by atoms with van der Waals surface area (Å²) < 4.78 is 23.5. The number of hydrogen-bond acceptors (Lipinski definition) is 5. The number of ether oxygens (including phenoxy) is 1. The molecule has 2 N–H and O–H groups in total. The van der Waals surface area contributed by atoms with Crippen LogP contribution in [0.25, 0.3) is 0 Å². The normalized spacial score (nSPS) is 19.1. The first-order valence-corrected chi connectivity index (χ1v) is 8.66. The molecule has 2 aromatic rings. The van der Waals surface area contributed by atoms with E-state index in [9.17, 15) is 14.0 Å². The van der Waals surface area contributed by atoms with Crippen molar-refractivity contribution in [2.75, 3.05) is 38.7 Å². The van der Waals surface area contributed by atoms with Gasteiger partial charge in [0.1, 0.15) is 17.6 Å². The first-order valence-electron chi connectivity index (χ1n) is 8.66. The van der Waals surface area contributed by atoms with Gasteiger partial charge in [0.25, 0.3) is 5.91 Å². The van der Waals surface area contributed by atoms with Crippen molar-refractivity contribution in [1.82, 2.24) is 10.2 Å². The maximum absolute atomic E-state index is 13.6. The fourth-order valence-corrected chi connectivity index (χ4v) is 3.17. The van der Waals surface area contributed by atoms with Gasteiger partial charge in [-0.1, -0.05) is 6.07 Å². The summed E-state index contributed by atoms with van der Waals surface area (Å²) in [6.07, 6.45) is 3.20. The van der Waals surface area contributed by atoms with E-state index in [1.54, 1.807) is 30.2 Å². The van der Waals surface area contributed by atoms with E-state index in [1.807, 2.05) is 0 Å². The third-order valence-electron chi connectivity index (χ3n) is 4.56. The van der Waals surface area contributed by atoms with Crippen molar-refractivity contribution >= 4 is 17.5 Å². The van der Waals surface area contributed by atoms with Crippen LogP contribution in [0.1, 0.15) is 16.8 Å². The van der Waals surface area contributed by atoms with Gasteiger partial charge in [-0.2, -0.15) is 0 Å². The zero-order valence-corrected chi connectivity index (χ0v) is 15.0. The van der Waals surface area contributed by atoms with Gasteiger partial charge in [0.15, 0.2) is 0 Å². The number of benzene rings is 1.